The monoisotopic (exact) mass is 351 g/mol. The number of unbranched alkanes of at least 4 members (excludes halogenated alkanes) is 1. The molecule has 3 heterocycles. The smallest absolute Gasteiger partial charge is 0.152 e. The summed E-state index contributed by atoms with van der Waals surface area (Å²) >= 11 is 0. The van der Waals surface area contributed by atoms with Crippen molar-refractivity contribution in [2.45, 2.75) is 64.5 Å². The Balaban J connectivity index is 1.78. The highest BCUT2D eigenvalue weighted by Crippen LogP contribution is 2.29. The van der Waals surface area contributed by atoms with Crippen molar-refractivity contribution in [2.75, 3.05) is 12.3 Å². The molecule has 138 valence electrons. The summed E-state index contributed by atoms with van der Waals surface area (Å²) in [5.41, 5.74) is 9.26. The number of imidazole rings is 1. The molecular weight excluding hydrogens is 322 g/mol. The van der Waals surface area contributed by atoms with E-state index in [0.717, 1.165) is 60.1 Å². The van der Waals surface area contributed by atoms with Crippen LogP contribution in [-0.2, 0) is 13.0 Å². The zero-order valence-corrected chi connectivity index (χ0v) is 15.7. The van der Waals surface area contributed by atoms with Crippen molar-refractivity contribution in [3.05, 3.63) is 30.1 Å². The Labute approximate surface area is 155 Å². The number of nitrogen functional groups attached to an aromatic ring is 1. The number of anilines is 1. The van der Waals surface area contributed by atoms with E-state index in [1.54, 1.807) is 0 Å². The number of aromatic nitrogens is 3. The van der Waals surface area contributed by atoms with E-state index < -0.39 is 0 Å². The zero-order chi connectivity index (χ0) is 17.9. The summed E-state index contributed by atoms with van der Waals surface area (Å²) in [5.74, 6) is 1.70. The number of rotatable bonds is 6. The topological polar surface area (TPSA) is 68.8 Å². The van der Waals surface area contributed by atoms with E-state index in [4.69, 9.17) is 10.7 Å². The van der Waals surface area contributed by atoms with Crippen LogP contribution in [0.3, 0.4) is 0 Å². The average Bonchev–Trinajstić information content (AvgIpc) is 3.05. The second kappa shape index (κ2) is 7.62. The molecule has 1 aliphatic heterocycles. The Morgan fingerprint density at radius 3 is 2.92 bits per heavy atom. The van der Waals surface area contributed by atoms with Crippen LogP contribution in [0.25, 0.3) is 21.9 Å². The molecule has 1 saturated heterocycles. The maximum absolute atomic E-state index is 6.27. The van der Waals surface area contributed by atoms with Crippen molar-refractivity contribution in [1.29, 1.82) is 0 Å². The lowest BCUT2D eigenvalue weighted by Crippen LogP contribution is -2.34. The number of piperidine rings is 1. The average molecular weight is 351 g/mol. The van der Waals surface area contributed by atoms with Gasteiger partial charge in [0.05, 0.1) is 11.0 Å². The van der Waals surface area contributed by atoms with Crippen LogP contribution in [0, 0.1) is 0 Å². The van der Waals surface area contributed by atoms with E-state index in [1.807, 2.05) is 12.1 Å². The van der Waals surface area contributed by atoms with Crippen LogP contribution in [0.4, 0.5) is 5.82 Å². The Morgan fingerprint density at radius 2 is 2.12 bits per heavy atom. The fourth-order valence-corrected chi connectivity index (χ4v) is 4.13. The van der Waals surface area contributed by atoms with Crippen molar-refractivity contribution in [2.24, 2.45) is 0 Å². The molecular formula is C21H29N5. The number of pyridine rings is 1. The molecule has 0 amide bonds. The quantitative estimate of drug-likeness (QED) is 0.703. The van der Waals surface area contributed by atoms with Crippen LogP contribution < -0.4 is 11.1 Å². The van der Waals surface area contributed by atoms with Gasteiger partial charge in [-0.15, -0.1) is 0 Å². The molecule has 0 aliphatic carbocycles. The van der Waals surface area contributed by atoms with Gasteiger partial charge in [-0.05, 0) is 38.3 Å². The van der Waals surface area contributed by atoms with Gasteiger partial charge in [-0.1, -0.05) is 38.0 Å². The third-order valence-corrected chi connectivity index (χ3v) is 5.56. The van der Waals surface area contributed by atoms with Gasteiger partial charge >= 0.3 is 0 Å². The van der Waals surface area contributed by atoms with Crippen LogP contribution in [0.2, 0.25) is 0 Å². The van der Waals surface area contributed by atoms with Crippen molar-refractivity contribution >= 4 is 27.8 Å². The largest absolute Gasteiger partial charge is 0.382 e. The summed E-state index contributed by atoms with van der Waals surface area (Å²) in [5, 5.41) is 4.83. The molecule has 2 aromatic heterocycles. The first-order valence-corrected chi connectivity index (χ1v) is 10.0. The Kier molecular flexibility index (Phi) is 5.07. The summed E-state index contributed by atoms with van der Waals surface area (Å²) in [4.78, 5) is 9.50. The van der Waals surface area contributed by atoms with Gasteiger partial charge < -0.3 is 15.6 Å². The molecule has 1 atom stereocenters. The second-order valence-electron chi connectivity index (χ2n) is 7.43. The van der Waals surface area contributed by atoms with Gasteiger partial charge in [0.2, 0.25) is 0 Å². The van der Waals surface area contributed by atoms with Gasteiger partial charge in [0.15, 0.2) is 5.82 Å². The van der Waals surface area contributed by atoms with Gasteiger partial charge in [0.25, 0.3) is 0 Å². The van der Waals surface area contributed by atoms with Gasteiger partial charge in [-0.25, -0.2) is 9.97 Å². The van der Waals surface area contributed by atoms with Crippen molar-refractivity contribution in [1.82, 2.24) is 19.9 Å². The highest BCUT2D eigenvalue weighted by Gasteiger charge is 2.19. The molecule has 1 aliphatic rings. The summed E-state index contributed by atoms with van der Waals surface area (Å²) in [7, 11) is 0. The van der Waals surface area contributed by atoms with Gasteiger partial charge in [-0.3, -0.25) is 0 Å². The minimum Gasteiger partial charge on any atom is -0.382 e. The first kappa shape index (κ1) is 17.3. The number of fused-ring (bicyclic) bond motifs is 3. The SMILES string of the molecule is CCCCc1nc2c(N)nc3ccccc3c2n1CCC1CCCCN1. The lowest BCUT2D eigenvalue weighted by molar-refractivity contribution is 0.366. The third kappa shape index (κ3) is 3.28. The van der Waals surface area contributed by atoms with E-state index >= 15 is 0 Å². The lowest BCUT2D eigenvalue weighted by Gasteiger charge is -2.24. The molecule has 3 N–H and O–H groups in total. The maximum Gasteiger partial charge on any atom is 0.152 e. The molecule has 0 saturated carbocycles. The molecule has 0 radical (unpaired) electrons. The van der Waals surface area contributed by atoms with Crippen LogP contribution in [-0.4, -0.2) is 27.1 Å². The highest BCUT2D eigenvalue weighted by molar-refractivity contribution is 6.06. The minimum absolute atomic E-state index is 0.547. The van der Waals surface area contributed by atoms with Crippen LogP contribution in [0.15, 0.2) is 24.3 Å². The Hall–Kier alpha value is -2.14. The number of nitrogens with one attached hydrogen (secondary N) is 1. The predicted octanol–water partition coefficient (Wildman–Crippen LogP) is 4.04. The number of hydrogen-bond acceptors (Lipinski definition) is 4. The molecule has 1 unspecified atom stereocenters. The van der Waals surface area contributed by atoms with Crippen molar-refractivity contribution in [3.8, 4) is 0 Å². The summed E-state index contributed by atoms with van der Waals surface area (Å²) in [6.45, 7) is 4.36. The maximum atomic E-state index is 6.27. The summed E-state index contributed by atoms with van der Waals surface area (Å²) < 4.78 is 2.42. The van der Waals surface area contributed by atoms with Gasteiger partial charge in [0, 0.05) is 24.4 Å². The number of hydrogen-bond donors (Lipinski definition) is 2. The van der Waals surface area contributed by atoms with E-state index in [2.05, 4.69) is 33.9 Å². The second-order valence-corrected chi connectivity index (χ2v) is 7.43. The number of para-hydroxylation sites is 1. The minimum atomic E-state index is 0.547. The Bertz CT molecular complexity index is 892. The molecule has 1 aromatic carbocycles. The van der Waals surface area contributed by atoms with Crippen LogP contribution in [0.5, 0.6) is 0 Å². The summed E-state index contributed by atoms with van der Waals surface area (Å²) in [6, 6.07) is 8.89. The zero-order valence-electron chi connectivity index (χ0n) is 15.7. The predicted molar refractivity (Wildman–Crippen MR) is 108 cm³/mol. The van der Waals surface area contributed by atoms with Gasteiger partial charge in [-0.2, -0.15) is 0 Å². The van der Waals surface area contributed by atoms with Crippen LogP contribution >= 0.6 is 0 Å². The first-order valence-electron chi connectivity index (χ1n) is 10.0. The number of aryl methyl sites for hydroxylation is 2. The molecule has 0 bridgehead atoms. The summed E-state index contributed by atoms with van der Waals surface area (Å²) in [6.07, 6.45) is 8.38. The molecule has 1 fully saturated rings. The standard InChI is InChI=1S/C21H29N5/c1-2-3-11-18-25-19-20(16-9-4-5-10-17(16)24-21(19)22)26(18)14-12-15-8-6-7-13-23-15/h4-5,9-10,15,23H,2-3,6-8,11-14H2,1H3,(H2,22,24). The molecule has 4 rings (SSSR count). The highest BCUT2D eigenvalue weighted by atomic mass is 15.1. The molecule has 26 heavy (non-hydrogen) atoms. The van der Waals surface area contributed by atoms with E-state index in [9.17, 15) is 0 Å². The first-order chi connectivity index (χ1) is 12.8. The van der Waals surface area contributed by atoms with Crippen molar-refractivity contribution in [3.63, 3.8) is 0 Å². The lowest BCUT2D eigenvalue weighted by atomic mass is 10.0. The fraction of sp³-hybridized carbons (Fsp3) is 0.524. The normalized spacial score (nSPS) is 18.0. The van der Waals surface area contributed by atoms with E-state index in [-0.39, 0.29) is 0 Å². The Morgan fingerprint density at radius 1 is 1.23 bits per heavy atom. The van der Waals surface area contributed by atoms with E-state index in [1.165, 1.54) is 25.7 Å². The number of nitrogens with two attached hydrogens (primary N) is 1. The number of benzene rings is 1. The van der Waals surface area contributed by atoms with Crippen molar-refractivity contribution < 1.29 is 0 Å². The fourth-order valence-electron chi connectivity index (χ4n) is 4.13. The third-order valence-electron chi connectivity index (χ3n) is 5.56. The molecule has 3 aromatic rings. The molecule has 5 heteroatoms. The van der Waals surface area contributed by atoms with Gasteiger partial charge in [0.1, 0.15) is 11.3 Å². The van der Waals surface area contributed by atoms with Crippen LogP contribution in [0.1, 0.15) is 51.3 Å². The van der Waals surface area contributed by atoms with E-state index in [0.29, 0.717) is 11.9 Å². The number of nitrogens with zero attached hydrogens (tertiary/aromatic N) is 3. The molecule has 0 spiro atoms. The molecule has 5 nitrogen and oxygen atoms in total.